The van der Waals surface area contributed by atoms with Gasteiger partial charge in [0, 0.05) is 31.9 Å². The first-order valence-electron chi connectivity index (χ1n) is 6.10. The number of urea groups is 1. The van der Waals surface area contributed by atoms with E-state index in [1.54, 1.807) is 16.0 Å². The standard InChI is InChI=1S/C13H20N4O/c1-13(2,14)9-17-8-11(16(3)12(17)18)10-6-4-5-7-15-10/h4-7,11H,8-9,14H2,1-3H3. The second-order valence-electron chi connectivity index (χ2n) is 5.53. The van der Waals surface area contributed by atoms with E-state index in [-0.39, 0.29) is 17.6 Å². The van der Waals surface area contributed by atoms with E-state index >= 15 is 0 Å². The molecule has 0 saturated carbocycles. The van der Waals surface area contributed by atoms with E-state index in [9.17, 15) is 4.79 Å². The zero-order valence-electron chi connectivity index (χ0n) is 11.1. The van der Waals surface area contributed by atoms with Crippen LogP contribution in [-0.2, 0) is 0 Å². The Morgan fingerprint density at radius 3 is 2.78 bits per heavy atom. The summed E-state index contributed by atoms with van der Waals surface area (Å²) in [6.45, 7) is 5.05. The fraction of sp³-hybridized carbons (Fsp3) is 0.538. The van der Waals surface area contributed by atoms with Gasteiger partial charge < -0.3 is 15.5 Å². The van der Waals surface area contributed by atoms with Crippen LogP contribution in [-0.4, -0.2) is 46.5 Å². The second kappa shape index (κ2) is 4.57. The Balaban J connectivity index is 2.15. The Kier molecular flexibility index (Phi) is 3.26. The molecule has 2 N–H and O–H groups in total. The lowest BCUT2D eigenvalue weighted by Crippen LogP contribution is -2.46. The van der Waals surface area contributed by atoms with E-state index < -0.39 is 0 Å². The highest BCUT2D eigenvalue weighted by atomic mass is 16.2. The van der Waals surface area contributed by atoms with Crippen molar-refractivity contribution in [3.8, 4) is 0 Å². The largest absolute Gasteiger partial charge is 0.324 e. The molecule has 1 aliphatic rings. The predicted molar refractivity (Wildman–Crippen MR) is 70.0 cm³/mol. The third kappa shape index (κ3) is 2.61. The molecule has 98 valence electrons. The average Bonchev–Trinajstić information content (AvgIpc) is 2.57. The summed E-state index contributed by atoms with van der Waals surface area (Å²) in [5.41, 5.74) is 6.52. The van der Waals surface area contributed by atoms with Gasteiger partial charge in [-0.15, -0.1) is 0 Å². The van der Waals surface area contributed by atoms with Gasteiger partial charge in [0.2, 0.25) is 0 Å². The van der Waals surface area contributed by atoms with E-state index in [1.165, 1.54) is 0 Å². The van der Waals surface area contributed by atoms with E-state index in [4.69, 9.17) is 5.73 Å². The van der Waals surface area contributed by atoms with Crippen molar-refractivity contribution in [2.45, 2.75) is 25.4 Å². The number of nitrogens with two attached hydrogens (primary N) is 1. The second-order valence-corrected chi connectivity index (χ2v) is 5.53. The summed E-state index contributed by atoms with van der Waals surface area (Å²) in [6, 6.07) is 5.80. The SMILES string of the molecule is CN1C(=O)N(CC(C)(C)N)CC1c1ccccn1. The van der Waals surface area contributed by atoms with Crippen LogP contribution in [0.2, 0.25) is 0 Å². The molecule has 2 amide bonds. The van der Waals surface area contributed by atoms with E-state index in [0.29, 0.717) is 13.1 Å². The van der Waals surface area contributed by atoms with Gasteiger partial charge in [-0.3, -0.25) is 4.98 Å². The number of hydrogen-bond acceptors (Lipinski definition) is 3. The van der Waals surface area contributed by atoms with Gasteiger partial charge in [-0.1, -0.05) is 6.07 Å². The number of pyridine rings is 1. The third-order valence-electron chi connectivity index (χ3n) is 3.06. The van der Waals surface area contributed by atoms with Crippen molar-refractivity contribution < 1.29 is 4.79 Å². The smallest absolute Gasteiger partial charge is 0.320 e. The van der Waals surface area contributed by atoms with Gasteiger partial charge in [0.15, 0.2) is 0 Å². The van der Waals surface area contributed by atoms with Crippen molar-refractivity contribution in [1.29, 1.82) is 0 Å². The van der Waals surface area contributed by atoms with Gasteiger partial charge in [-0.25, -0.2) is 4.79 Å². The lowest BCUT2D eigenvalue weighted by molar-refractivity contribution is 0.188. The van der Waals surface area contributed by atoms with Crippen molar-refractivity contribution in [2.24, 2.45) is 5.73 Å². The minimum absolute atomic E-state index is 0.0149. The maximum atomic E-state index is 12.1. The van der Waals surface area contributed by atoms with Crippen LogP contribution in [0, 0.1) is 0 Å². The molecule has 0 spiro atoms. The summed E-state index contributed by atoms with van der Waals surface area (Å²) in [4.78, 5) is 20.0. The van der Waals surface area contributed by atoms with Crippen molar-refractivity contribution in [3.05, 3.63) is 30.1 Å². The molecule has 1 aromatic heterocycles. The number of aromatic nitrogens is 1. The minimum Gasteiger partial charge on any atom is -0.324 e. The Hall–Kier alpha value is -1.62. The van der Waals surface area contributed by atoms with Crippen LogP contribution in [0.15, 0.2) is 24.4 Å². The topological polar surface area (TPSA) is 62.5 Å². The molecule has 1 saturated heterocycles. The molecule has 2 rings (SSSR count). The molecule has 5 nitrogen and oxygen atoms in total. The first-order valence-corrected chi connectivity index (χ1v) is 6.10. The quantitative estimate of drug-likeness (QED) is 0.875. The maximum absolute atomic E-state index is 12.1. The molecular weight excluding hydrogens is 228 g/mol. The van der Waals surface area contributed by atoms with Gasteiger partial charge in [-0.2, -0.15) is 0 Å². The fourth-order valence-electron chi connectivity index (χ4n) is 2.25. The first-order chi connectivity index (χ1) is 8.38. The minimum atomic E-state index is -0.379. The highest BCUT2D eigenvalue weighted by Gasteiger charge is 2.37. The van der Waals surface area contributed by atoms with E-state index in [0.717, 1.165) is 5.69 Å². The zero-order valence-corrected chi connectivity index (χ0v) is 11.1. The van der Waals surface area contributed by atoms with Gasteiger partial charge >= 0.3 is 6.03 Å². The van der Waals surface area contributed by atoms with Crippen LogP contribution >= 0.6 is 0 Å². The van der Waals surface area contributed by atoms with Crippen LogP contribution < -0.4 is 5.73 Å². The van der Waals surface area contributed by atoms with Crippen LogP contribution in [0.25, 0.3) is 0 Å². The Labute approximate surface area is 108 Å². The van der Waals surface area contributed by atoms with Crippen LogP contribution in [0.4, 0.5) is 4.79 Å². The summed E-state index contributed by atoms with van der Waals surface area (Å²) in [5.74, 6) is 0. The van der Waals surface area contributed by atoms with E-state index in [2.05, 4.69) is 4.98 Å². The van der Waals surface area contributed by atoms with Crippen molar-refractivity contribution in [1.82, 2.24) is 14.8 Å². The Morgan fingerprint density at radius 2 is 2.22 bits per heavy atom. The van der Waals surface area contributed by atoms with Crippen molar-refractivity contribution >= 4 is 6.03 Å². The number of hydrogen-bond donors (Lipinski definition) is 1. The lowest BCUT2D eigenvalue weighted by atomic mass is 10.1. The summed E-state index contributed by atoms with van der Waals surface area (Å²) in [6.07, 6.45) is 1.75. The third-order valence-corrected chi connectivity index (χ3v) is 3.06. The predicted octanol–water partition coefficient (Wildman–Crippen LogP) is 1.23. The van der Waals surface area contributed by atoms with Crippen molar-refractivity contribution in [3.63, 3.8) is 0 Å². The highest BCUT2D eigenvalue weighted by molar-refractivity contribution is 5.77. The number of rotatable bonds is 3. The van der Waals surface area contributed by atoms with Crippen molar-refractivity contribution in [2.75, 3.05) is 20.1 Å². The van der Waals surface area contributed by atoms with Crippen LogP contribution in [0.5, 0.6) is 0 Å². The first kappa shape index (κ1) is 12.8. The molecule has 2 heterocycles. The molecule has 1 unspecified atom stereocenters. The molecular formula is C13H20N4O. The van der Waals surface area contributed by atoms with Gasteiger partial charge in [-0.05, 0) is 26.0 Å². The number of likely N-dealkylation sites (N-methyl/N-ethyl adjacent to an activating group) is 1. The molecule has 0 bridgehead atoms. The number of amides is 2. The maximum Gasteiger partial charge on any atom is 0.320 e. The van der Waals surface area contributed by atoms with E-state index in [1.807, 2.05) is 39.1 Å². The molecule has 0 radical (unpaired) electrons. The Bertz CT molecular complexity index is 426. The molecule has 5 heteroatoms. The molecule has 1 aliphatic heterocycles. The average molecular weight is 248 g/mol. The molecule has 18 heavy (non-hydrogen) atoms. The fourth-order valence-corrected chi connectivity index (χ4v) is 2.25. The Morgan fingerprint density at radius 1 is 1.50 bits per heavy atom. The number of nitrogens with zero attached hydrogens (tertiary/aromatic N) is 3. The number of carbonyl (C=O) groups is 1. The molecule has 1 atom stereocenters. The summed E-state index contributed by atoms with van der Waals surface area (Å²) >= 11 is 0. The van der Waals surface area contributed by atoms with Gasteiger partial charge in [0.1, 0.15) is 0 Å². The van der Waals surface area contributed by atoms with Gasteiger partial charge in [0.05, 0.1) is 11.7 Å². The summed E-state index contributed by atoms with van der Waals surface area (Å²) in [5, 5.41) is 0. The van der Waals surface area contributed by atoms with Crippen LogP contribution in [0.1, 0.15) is 25.6 Å². The zero-order chi connectivity index (χ0) is 13.3. The summed E-state index contributed by atoms with van der Waals surface area (Å²) < 4.78 is 0. The molecule has 0 aliphatic carbocycles. The van der Waals surface area contributed by atoms with Gasteiger partial charge in [0.25, 0.3) is 0 Å². The lowest BCUT2D eigenvalue weighted by Gasteiger charge is -2.25. The normalized spacial score (nSPS) is 20.7. The number of carbonyl (C=O) groups excluding carboxylic acids is 1. The molecule has 1 fully saturated rings. The molecule has 0 aromatic carbocycles. The van der Waals surface area contributed by atoms with Crippen LogP contribution in [0.3, 0.4) is 0 Å². The summed E-state index contributed by atoms with van der Waals surface area (Å²) in [7, 11) is 1.81. The highest BCUT2D eigenvalue weighted by Crippen LogP contribution is 2.27. The molecule has 1 aromatic rings. The monoisotopic (exact) mass is 248 g/mol.